The van der Waals surface area contributed by atoms with E-state index in [-0.39, 0.29) is 72.8 Å². The first-order chi connectivity index (χ1) is 28.4. The van der Waals surface area contributed by atoms with Gasteiger partial charge in [-0.05, 0) is 74.7 Å². The maximum atomic E-state index is 13.1. The van der Waals surface area contributed by atoms with E-state index in [0.29, 0.717) is 77.2 Å². The molecule has 0 aromatic heterocycles. The molecule has 0 radical (unpaired) electrons. The Hall–Kier alpha value is -3.09. The number of hydrogen-bond donors (Lipinski definition) is 7. The number of aliphatic carboxylic acids is 2. The zero-order valence-electron chi connectivity index (χ0n) is 38.6. The van der Waals surface area contributed by atoms with Crippen molar-refractivity contribution in [3.05, 3.63) is 0 Å². The number of carboxylic acids is 2. The summed E-state index contributed by atoms with van der Waals surface area (Å²) in [5.74, 6) is -1.56. The lowest BCUT2D eigenvalue weighted by molar-refractivity contribution is -0.144. The average molecular weight is 906 g/mol. The Morgan fingerprint density at radius 1 is 0.705 bits per heavy atom. The zero-order valence-corrected chi connectivity index (χ0v) is 40.3. The molecule has 0 rings (SSSR count). The van der Waals surface area contributed by atoms with Gasteiger partial charge in [-0.3, -0.25) is 28.8 Å². The molecule has 354 valence electrons. The first-order valence-corrected chi connectivity index (χ1v) is 23.8. The van der Waals surface area contributed by atoms with Crippen LogP contribution in [0.1, 0.15) is 133 Å². The molecule has 0 bridgehead atoms. The number of carboxylic acid groups (broad SMARTS) is 2. The number of unbranched alkanes of at least 4 members (excludes halogenated alkanes) is 1. The third-order valence-electron chi connectivity index (χ3n) is 9.64. The van der Waals surface area contributed by atoms with Crippen molar-refractivity contribution in [3.63, 3.8) is 0 Å². The van der Waals surface area contributed by atoms with Crippen molar-refractivity contribution in [1.82, 2.24) is 26.6 Å². The molecule has 0 aliphatic heterocycles. The second kappa shape index (κ2) is 30.9. The van der Waals surface area contributed by atoms with E-state index in [1.165, 1.54) is 11.8 Å². The van der Waals surface area contributed by atoms with Crippen molar-refractivity contribution in [2.45, 2.75) is 156 Å². The van der Waals surface area contributed by atoms with Gasteiger partial charge in [0.15, 0.2) is 0 Å². The molecule has 0 aliphatic carbocycles. The van der Waals surface area contributed by atoms with Gasteiger partial charge < -0.3 is 46.3 Å². The molecule has 0 fully saturated rings. The van der Waals surface area contributed by atoms with Crippen LogP contribution in [0.4, 0.5) is 0 Å². The normalized spacial score (nSPS) is 13.5. The first-order valence-electron chi connectivity index (χ1n) is 21.6. The van der Waals surface area contributed by atoms with Crippen LogP contribution in [0.3, 0.4) is 0 Å². The minimum absolute atomic E-state index is 0.0432. The van der Waals surface area contributed by atoms with E-state index in [4.69, 9.17) is 9.47 Å². The maximum absolute atomic E-state index is 13.1. The number of amides is 5. The van der Waals surface area contributed by atoms with Gasteiger partial charge in [0.05, 0.1) is 37.7 Å². The molecule has 0 aromatic carbocycles. The Morgan fingerprint density at radius 2 is 1.34 bits per heavy atom. The second-order valence-corrected chi connectivity index (χ2v) is 20.9. The molecule has 16 nitrogen and oxygen atoms in total. The number of rotatable bonds is 36. The molecule has 0 spiro atoms. The van der Waals surface area contributed by atoms with Crippen molar-refractivity contribution >= 4 is 65.0 Å². The quantitative estimate of drug-likeness (QED) is 0.0420. The molecule has 7 N–H and O–H groups in total. The molecule has 0 saturated heterocycles. The van der Waals surface area contributed by atoms with Crippen LogP contribution in [-0.2, 0) is 43.0 Å². The SMILES string of the molecule is CCSCC(=O)NCCC[C@H](NC(=O)CSC(C)C)C(=O)NCC(C)CCOCCOCCC(=O)NC(C)(C)CCCC[C@H](NC(=O)C(C)(C)CC(C)(C)CC(=O)O)C(=O)O. The van der Waals surface area contributed by atoms with Gasteiger partial charge in [0.25, 0.3) is 0 Å². The molecular formula is C43H79N5O11S2. The molecule has 5 amide bonds. The number of hydrogen-bond acceptors (Lipinski definition) is 11. The Balaban J connectivity index is 4.47. The van der Waals surface area contributed by atoms with Crippen LogP contribution < -0.4 is 26.6 Å². The highest BCUT2D eigenvalue weighted by atomic mass is 32.2. The largest absolute Gasteiger partial charge is 0.481 e. The van der Waals surface area contributed by atoms with Gasteiger partial charge in [-0.1, -0.05) is 68.2 Å². The predicted molar refractivity (Wildman–Crippen MR) is 243 cm³/mol. The maximum Gasteiger partial charge on any atom is 0.326 e. The van der Waals surface area contributed by atoms with Gasteiger partial charge >= 0.3 is 11.9 Å². The summed E-state index contributed by atoms with van der Waals surface area (Å²) < 4.78 is 11.3. The van der Waals surface area contributed by atoms with Crippen molar-refractivity contribution in [1.29, 1.82) is 0 Å². The average Bonchev–Trinajstić information content (AvgIpc) is 3.13. The summed E-state index contributed by atoms with van der Waals surface area (Å²) in [6.07, 6.45) is 3.93. The molecule has 0 heterocycles. The van der Waals surface area contributed by atoms with Crippen molar-refractivity contribution in [2.75, 3.05) is 56.8 Å². The summed E-state index contributed by atoms with van der Waals surface area (Å²) in [5.41, 5.74) is -2.15. The molecule has 61 heavy (non-hydrogen) atoms. The van der Waals surface area contributed by atoms with Crippen LogP contribution in [0.5, 0.6) is 0 Å². The first kappa shape index (κ1) is 57.9. The topological polar surface area (TPSA) is 239 Å². The van der Waals surface area contributed by atoms with Gasteiger partial charge in [-0.2, -0.15) is 11.8 Å². The number of carbonyl (C=O) groups excluding carboxylic acids is 5. The van der Waals surface area contributed by atoms with Crippen LogP contribution >= 0.6 is 23.5 Å². The van der Waals surface area contributed by atoms with Crippen LogP contribution in [-0.4, -0.2) is 131 Å². The smallest absolute Gasteiger partial charge is 0.326 e. The van der Waals surface area contributed by atoms with E-state index < -0.39 is 46.3 Å². The molecule has 18 heteroatoms. The Kier molecular flexibility index (Phi) is 29.3. The minimum atomic E-state index is -1.14. The Labute approximate surface area is 373 Å². The standard InChI is InChI=1S/C43H79N5O11S2/c1-11-60-27-35(50)44-20-14-16-32(46-36(51)28-61-30(2)3)38(54)45-26-31(4)17-21-58-23-24-59-22-18-34(49)48-43(9,10)19-13-12-15-33(39(55)56)47-40(57)42(7,8)29-41(5,6)25-37(52)53/h30-33H,11-29H2,1-10H3,(H,44,50)(H,45,54)(H,46,51)(H,47,57)(H,48,49)(H,52,53)(H,55,56)/t31?,32-,33-/m0/s1. The van der Waals surface area contributed by atoms with Crippen molar-refractivity contribution < 1.29 is 53.2 Å². The second-order valence-electron chi connectivity index (χ2n) is 18.1. The van der Waals surface area contributed by atoms with E-state index in [1.807, 2.05) is 41.5 Å². The molecular weight excluding hydrogens is 827 g/mol. The fourth-order valence-electron chi connectivity index (χ4n) is 6.58. The minimum Gasteiger partial charge on any atom is -0.481 e. The number of thioether (sulfide) groups is 2. The Bertz CT molecular complexity index is 1360. The summed E-state index contributed by atoms with van der Waals surface area (Å²) in [4.78, 5) is 86.2. The monoisotopic (exact) mass is 906 g/mol. The van der Waals surface area contributed by atoms with Crippen molar-refractivity contribution in [3.8, 4) is 0 Å². The van der Waals surface area contributed by atoms with Gasteiger partial charge in [0.2, 0.25) is 29.5 Å². The summed E-state index contributed by atoms with van der Waals surface area (Å²) in [6, 6.07) is -1.78. The number of carbonyl (C=O) groups is 7. The van der Waals surface area contributed by atoms with E-state index in [0.717, 1.165) is 5.75 Å². The fraction of sp³-hybridized carbons (Fsp3) is 0.837. The van der Waals surface area contributed by atoms with Crippen molar-refractivity contribution in [2.24, 2.45) is 16.7 Å². The van der Waals surface area contributed by atoms with Crippen LogP contribution in [0, 0.1) is 16.7 Å². The third kappa shape index (κ3) is 30.6. The fourth-order valence-corrected chi connectivity index (χ4v) is 7.64. The lowest BCUT2D eigenvalue weighted by atomic mass is 9.73. The number of ether oxygens (including phenoxy) is 2. The molecule has 0 aliphatic rings. The summed E-state index contributed by atoms with van der Waals surface area (Å²) in [5, 5.41) is 33.5. The highest BCUT2D eigenvalue weighted by Gasteiger charge is 2.37. The van der Waals surface area contributed by atoms with Gasteiger partial charge in [0.1, 0.15) is 12.1 Å². The zero-order chi connectivity index (χ0) is 46.6. The third-order valence-corrected chi connectivity index (χ3v) is 11.6. The van der Waals surface area contributed by atoms with Crippen LogP contribution in [0.2, 0.25) is 0 Å². The van der Waals surface area contributed by atoms with E-state index in [1.54, 1.807) is 39.5 Å². The van der Waals surface area contributed by atoms with E-state index in [2.05, 4.69) is 26.6 Å². The predicted octanol–water partition coefficient (Wildman–Crippen LogP) is 4.77. The van der Waals surface area contributed by atoms with Gasteiger partial charge in [0, 0.05) is 37.1 Å². The molecule has 0 saturated carbocycles. The highest BCUT2D eigenvalue weighted by molar-refractivity contribution is 8.00. The Morgan fingerprint density at radius 3 is 1.95 bits per heavy atom. The lowest BCUT2D eigenvalue weighted by Crippen LogP contribution is -2.48. The van der Waals surface area contributed by atoms with E-state index in [9.17, 15) is 43.8 Å². The van der Waals surface area contributed by atoms with E-state index >= 15 is 0 Å². The highest BCUT2D eigenvalue weighted by Crippen LogP contribution is 2.36. The number of nitrogens with one attached hydrogen (secondary N) is 5. The molecule has 3 atom stereocenters. The van der Waals surface area contributed by atoms with Gasteiger partial charge in [-0.15, -0.1) is 11.8 Å². The summed E-state index contributed by atoms with van der Waals surface area (Å²) in [7, 11) is 0. The van der Waals surface area contributed by atoms with Crippen LogP contribution in [0.15, 0.2) is 0 Å². The summed E-state index contributed by atoms with van der Waals surface area (Å²) in [6.45, 7) is 20.9. The molecule has 0 aromatic rings. The lowest BCUT2D eigenvalue weighted by Gasteiger charge is -2.33. The van der Waals surface area contributed by atoms with Crippen LogP contribution in [0.25, 0.3) is 0 Å². The van der Waals surface area contributed by atoms with Gasteiger partial charge in [-0.25, -0.2) is 4.79 Å². The summed E-state index contributed by atoms with van der Waals surface area (Å²) >= 11 is 3.05. The molecule has 1 unspecified atom stereocenters.